The van der Waals surface area contributed by atoms with Gasteiger partial charge in [0.2, 0.25) is 0 Å². The van der Waals surface area contributed by atoms with Crippen LogP contribution in [-0.2, 0) is 0 Å². The molecule has 110 valence electrons. The van der Waals surface area contributed by atoms with Gasteiger partial charge in [0.15, 0.2) is 0 Å². The molecule has 0 bridgehead atoms. The number of hydrogen-bond donors (Lipinski definition) is 1. The van der Waals surface area contributed by atoms with E-state index in [-0.39, 0.29) is 0 Å². The van der Waals surface area contributed by atoms with Crippen LogP contribution in [0.4, 0.5) is 0 Å². The molecule has 0 aliphatic heterocycles. The topological polar surface area (TPSA) is 29.5 Å². The van der Waals surface area contributed by atoms with Crippen molar-refractivity contribution in [3.8, 4) is 5.75 Å². The zero-order chi connectivity index (χ0) is 14.8. The molecule has 2 heteroatoms. The molecular weight excluding hydrogens is 260 g/mol. The van der Waals surface area contributed by atoms with Gasteiger partial charge in [0.05, 0.1) is 6.10 Å². The third-order valence-electron chi connectivity index (χ3n) is 3.94. The van der Waals surface area contributed by atoms with Crippen molar-refractivity contribution < 1.29 is 9.84 Å². The van der Waals surface area contributed by atoms with Crippen LogP contribution in [0.2, 0.25) is 0 Å². The largest absolute Gasteiger partial charge is 0.490 e. The number of aliphatic hydroxyl groups is 1. The van der Waals surface area contributed by atoms with E-state index in [0.717, 1.165) is 29.7 Å². The number of hydrogen-bond acceptors (Lipinski definition) is 2. The Balaban J connectivity index is 1.72. The second kappa shape index (κ2) is 5.90. The summed E-state index contributed by atoms with van der Waals surface area (Å²) in [5.41, 5.74) is 3.12. The Kier molecular flexibility index (Phi) is 3.98. The maximum absolute atomic E-state index is 10.5. The molecule has 0 radical (unpaired) electrons. The van der Waals surface area contributed by atoms with E-state index < -0.39 is 6.10 Å². The fraction of sp³-hybridized carbons (Fsp3) is 0.368. The Hall–Kier alpha value is -1.80. The Morgan fingerprint density at radius 2 is 1.33 bits per heavy atom. The van der Waals surface area contributed by atoms with Gasteiger partial charge in [-0.15, -0.1) is 0 Å². The number of benzene rings is 2. The molecule has 1 unspecified atom stereocenters. The normalized spacial score (nSPS) is 16.0. The number of aliphatic hydroxyl groups excluding tert-OH is 1. The molecule has 0 saturated heterocycles. The molecule has 1 aliphatic carbocycles. The summed E-state index contributed by atoms with van der Waals surface area (Å²) >= 11 is 0. The lowest BCUT2D eigenvalue weighted by molar-refractivity contribution is 0.220. The lowest BCUT2D eigenvalue weighted by Gasteiger charge is -2.14. The summed E-state index contributed by atoms with van der Waals surface area (Å²) in [5.74, 6) is 1.40. The summed E-state index contributed by atoms with van der Waals surface area (Å²) in [6.45, 7) is 4.34. The molecule has 1 aliphatic rings. The van der Waals surface area contributed by atoms with Crippen LogP contribution in [0.1, 0.15) is 55.4 Å². The molecule has 1 N–H and O–H groups in total. The quantitative estimate of drug-likeness (QED) is 0.879. The number of rotatable bonds is 5. The lowest BCUT2D eigenvalue weighted by atomic mass is 9.97. The first kappa shape index (κ1) is 14.2. The second-order valence-electron chi connectivity index (χ2n) is 6.11. The standard InChI is InChI=1S/C19H22O2/c1-13(2)14-3-5-15(6-4-14)19(20)16-7-9-17(10-8-16)21-18-11-12-18/h3-10,13,18-20H,11-12H2,1-2H3. The predicted octanol–water partition coefficient (Wildman–Crippen LogP) is 4.43. The van der Waals surface area contributed by atoms with Gasteiger partial charge in [-0.1, -0.05) is 50.2 Å². The molecule has 0 heterocycles. The average molecular weight is 282 g/mol. The van der Waals surface area contributed by atoms with Crippen molar-refractivity contribution in [3.05, 3.63) is 65.2 Å². The highest BCUT2D eigenvalue weighted by Gasteiger charge is 2.23. The zero-order valence-electron chi connectivity index (χ0n) is 12.6. The van der Waals surface area contributed by atoms with E-state index in [1.54, 1.807) is 0 Å². The van der Waals surface area contributed by atoms with Gasteiger partial charge in [0.25, 0.3) is 0 Å². The highest BCUT2D eigenvalue weighted by atomic mass is 16.5. The highest BCUT2D eigenvalue weighted by molar-refractivity contribution is 5.35. The monoisotopic (exact) mass is 282 g/mol. The molecule has 1 atom stereocenters. The minimum atomic E-state index is -0.582. The van der Waals surface area contributed by atoms with E-state index in [0.29, 0.717) is 12.0 Å². The minimum absolute atomic E-state index is 0.407. The van der Waals surface area contributed by atoms with Gasteiger partial charge < -0.3 is 9.84 Å². The molecule has 3 rings (SSSR count). The van der Waals surface area contributed by atoms with Gasteiger partial charge in [0.1, 0.15) is 11.9 Å². The van der Waals surface area contributed by atoms with E-state index in [1.807, 2.05) is 36.4 Å². The SMILES string of the molecule is CC(C)c1ccc(C(O)c2ccc(OC3CC3)cc2)cc1. The van der Waals surface area contributed by atoms with Gasteiger partial charge in [-0.3, -0.25) is 0 Å². The summed E-state index contributed by atoms with van der Waals surface area (Å²) < 4.78 is 5.73. The Bertz CT molecular complexity index is 580. The molecular formula is C19H22O2. The van der Waals surface area contributed by atoms with Crippen LogP contribution in [0.5, 0.6) is 5.75 Å². The molecule has 1 saturated carbocycles. The van der Waals surface area contributed by atoms with E-state index in [4.69, 9.17) is 4.74 Å². The van der Waals surface area contributed by atoms with Gasteiger partial charge in [0, 0.05) is 0 Å². The molecule has 2 aromatic rings. The summed E-state index contributed by atoms with van der Waals surface area (Å²) in [5, 5.41) is 10.5. The van der Waals surface area contributed by atoms with E-state index in [2.05, 4.69) is 26.0 Å². The van der Waals surface area contributed by atoms with Crippen molar-refractivity contribution in [1.29, 1.82) is 0 Å². The fourth-order valence-electron chi connectivity index (χ4n) is 2.36. The summed E-state index contributed by atoms with van der Waals surface area (Å²) in [6.07, 6.45) is 2.14. The van der Waals surface area contributed by atoms with Crippen LogP contribution in [-0.4, -0.2) is 11.2 Å². The third kappa shape index (κ3) is 3.45. The average Bonchev–Trinajstić information content (AvgIpc) is 3.31. The summed E-state index contributed by atoms with van der Waals surface area (Å²) in [7, 11) is 0. The molecule has 2 aromatic carbocycles. The Morgan fingerprint density at radius 3 is 1.81 bits per heavy atom. The Morgan fingerprint density at radius 1 is 0.857 bits per heavy atom. The molecule has 0 amide bonds. The van der Waals surface area contributed by atoms with Crippen molar-refractivity contribution in [2.45, 2.75) is 44.8 Å². The maximum atomic E-state index is 10.5. The summed E-state index contributed by atoms with van der Waals surface area (Å²) in [6, 6.07) is 16.0. The van der Waals surface area contributed by atoms with Gasteiger partial charge in [-0.05, 0) is 47.6 Å². The van der Waals surface area contributed by atoms with Crippen LogP contribution < -0.4 is 4.74 Å². The van der Waals surface area contributed by atoms with Crippen LogP contribution in [0.25, 0.3) is 0 Å². The van der Waals surface area contributed by atoms with Gasteiger partial charge in [-0.25, -0.2) is 0 Å². The lowest BCUT2D eigenvalue weighted by Crippen LogP contribution is -2.01. The van der Waals surface area contributed by atoms with E-state index >= 15 is 0 Å². The first-order valence-corrected chi connectivity index (χ1v) is 7.68. The van der Waals surface area contributed by atoms with Gasteiger partial charge >= 0.3 is 0 Å². The maximum Gasteiger partial charge on any atom is 0.119 e. The Labute approximate surface area is 126 Å². The third-order valence-corrected chi connectivity index (χ3v) is 3.94. The first-order valence-electron chi connectivity index (χ1n) is 7.68. The molecule has 2 nitrogen and oxygen atoms in total. The van der Waals surface area contributed by atoms with Crippen LogP contribution in [0.3, 0.4) is 0 Å². The minimum Gasteiger partial charge on any atom is -0.490 e. The molecule has 21 heavy (non-hydrogen) atoms. The van der Waals surface area contributed by atoms with Crippen molar-refractivity contribution >= 4 is 0 Å². The second-order valence-corrected chi connectivity index (χ2v) is 6.11. The fourth-order valence-corrected chi connectivity index (χ4v) is 2.36. The van der Waals surface area contributed by atoms with E-state index in [1.165, 1.54) is 5.56 Å². The highest BCUT2D eigenvalue weighted by Crippen LogP contribution is 2.29. The van der Waals surface area contributed by atoms with Crippen LogP contribution in [0.15, 0.2) is 48.5 Å². The first-order chi connectivity index (χ1) is 10.1. The predicted molar refractivity (Wildman–Crippen MR) is 84.7 cm³/mol. The van der Waals surface area contributed by atoms with Crippen molar-refractivity contribution in [1.82, 2.24) is 0 Å². The molecule has 0 aromatic heterocycles. The van der Waals surface area contributed by atoms with Crippen molar-refractivity contribution in [2.75, 3.05) is 0 Å². The molecule has 0 spiro atoms. The van der Waals surface area contributed by atoms with Crippen LogP contribution in [0, 0.1) is 0 Å². The van der Waals surface area contributed by atoms with Gasteiger partial charge in [-0.2, -0.15) is 0 Å². The van der Waals surface area contributed by atoms with Crippen LogP contribution >= 0.6 is 0 Å². The summed E-state index contributed by atoms with van der Waals surface area (Å²) in [4.78, 5) is 0. The molecule has 1 fully saturated rings. The van der Waals surface area contributed by atoms with E-state index in [9.17, 15) is 5.11 Å². The number of ether oxygens (including phenoxy) is 1. The smallest absolute Gasteiger partial charge is 0.119 e. The zero-order valence-corrected chi connectivity index (χ0v) is 12.6. The van der Waals surface area contributed by atoms with Crippen molar-refractivity contribution in [2.24, 2.45) is 0 Å². The van der Waals surface area contributed by atoms with Crippen molar-refractivity contribution in [3.63, 3.8) is 0 Å².